The molecule has 1 aromatic heterocycles. The highest BCUT2D eigenvalue weighted by Gasteiger charge is 2.32. The molecule has 9 nitrogen and oxygen atoms in total. The number of amides is 1. The van der Waals surface area contributed by atoms with Gasteiger partial charge in [-0.15, -0.1) is 5.10 Å². The Morgan fingerprint density at radius 2 is 2.18 bits per heavy atom. The van der Waals surface area contributed by atoms with Crippen molar-refractivity contribution in [2.24, 2.45) is 10.1 Å². The highest BCUT2D eigenvalue weighted by Crippen LogP contribution is 2.23. The zero-order valence-electron chi connectivity index (χ0n) is 14.7. The van der Waals surface area contributed by atoms with E-state index in [2.05, 4.69) is 15.4 Å². The maximum atomic E-state index is 12.7. The van der Waals surface area contributed by atoms with E-state index in [0.717, 1.165) is 5.75 Å². The van der Waals surface area contributed by atoms with Crippen molar-refractivity contribution in [1.82, 2.24) is 10.3 Å². The second kappa shape index (κ2) is 7.31. The highest BCUT2D eigenvalue weighted by atomic mass is 32.2. The molecular weight excluding hydrogens is 382 g/mol. The quantitative estimate of drug-likeness (QED) is 0.617. The van der Waals surface area contributed by atoms with Crippen LogP contribution in [-0.4, -0.2) is 32.9 Å². The number of furan rings is 1. The van der Waals surface area contributed by atoms with Crippen molar-refractivity contribution in [3.8, 4) is 0 Å². The minimum absolute atomic E-state index is 0.250. The van der Waals surface area contributed by atoms with E-state index in [1.54, 1.807) is 17.2 Å². The standard InChI is InChI=1S/C18H15N5O4S/c1-2-28-18-20-17(24)16-12-5-3-4-6-13(12)19-14(22(16)21-18)9-7-11-8-10-15(27-11)23(25)26/h3-10,14H,2H2,1H3,(H,20,21,24)/b9-7+. The Hall–Kier alpha value is -3.40. The number of hydrogen-bond acceptors (Lipinski definition) is 8. The van der Waals surface area contributed by atoms with Crippen LogP contribution in [0.3, 0.4) is 0 Å². The average Bonchev–Trinajstić information content (AvgIpc) is 3.15. The third-order valence-corrected chi connectivity index (χ3v) is 4.80. The second-order valence-corrected chi connectivity index (χ2v) is 7.09. The summed E-state index contributed by atoms with van der Waals surface area (Å²) in [6.07, 6.45) is 2.68. The summed E-state index contributed by atoms with van der Waals surface area (Å²) in [6.45, 7) is 1.97. The molecule has 2 aromatic rings. The number of hydrogen-bond donors (Lipinski definition) is 1. The van der Waals surface area contributed by atoms with E-state index in [4.69, 9.17) is 4.42 Å². The van der Waals surface area contributed by atoms with Crippen LogP contribution in [0.1, 0.15) is 12.7 Å². The van der Waals surface area contributed by atoms with Gasteiger partial charge in [0.05, 0.1) is 11.4 Å². The first-order valence-electron chi connectivity index (χ1n) is 8.48. The number of hydrazone groups is 1. The number of nitrogens with one attached hydrogen (secondary N) is 1. The molecule has 0 spiro atoms. The van der Waals surface area contributed by atoms with Gasteiger partial charge in [0, 0.05) is 5.22 Å². The number of nitrogens with zero attached hydrogens (tertiary/aromatic N) is 4. The number of nitro groups is 1. The molecule has 2 aliphatic heterocycles. The number of fused-ring (bicyclic) bond motifs is 2. The lowest BCUT2D eigenvalue weighted by Crippen LogP contribution is -2.52. The molecule has 0 saturated heterocycles. The lowest BCUT2D eigenvalue weighted by Gasteiger charge is -2.32. The van der Waals surface area contributed by atoms with Crippen molar-refractivity contribution in [1.29, 1.82) is 0 Å². The van der Waals surface area contributed by atoms with Crippen molar-refractivity contribution < 1.29 is 14.1 Å². The van der Waals surface area contributed by atoms with E-state index >= 15 is 0 Å². The Kier molecular flexibility index (Phi) is 4.70. The molecule has 2 aliphatic rings. The number of benzene rings is 1. The third kappa shape index (κ3) is 3.29. The lowest BCUT2D eigenvalue weighted by atomic mass is 10.1. The van der Waals surface area contributed by atoms with Crippen molar-refractivity contribution in [3.05, 3.63) is 68.9 Å². The monoisotopic (exact) mass is 397 g/mol. The zero-order valence-corrected chi connectivity index (χ0v) is 15.5. The normalized spacial score (nSPS) is 18.2. The minimum Gasteiger partial charge on any atom is -0.401 e. The molecule has 1 aromatic carbocycles. The first-order valence-corrected chi connectivity index (χ1v) is 9.47. The van der Waals surface area contributed by atoms with E-state index in [1.165, 1.54) is 23.9 Å². The summed E-state index contributed by atoms with van der Waals surface area (Å²) in [5.41, 5.74) is 0.408. The molecular formula is C18H15N5O4S. The second-order valence-electron chi connectivity index (χ2n) is 5.84. The molecule has 28 heavy (non-hydrogen) atoms. The maximum Gasteiger partial charge on any atom is 0.433 e. The van der Waals surface area contributed by atoms with Gasteiger partial charge in [-0.2, -0.15) is 0 Å². The molecule has 142 valence electrons. The summed E-state index contributed by atoms with van der Waals surface area (Å²) < 4.78 is 5.15. The molecule has 0 bridgehead atoms. The predicted octanol–water partition coefficient (Wildman–Crippen LogP) is 1.42. The Morgan fingerprint density at radius 3 is 2.93 bits per heavy atom. The molecule has 1 atom stereocenters. The first kappa shape index (κ1) is 18.0. The van der Waals surface area contributed by atoms with Crippen molar-refractivity contribution >= 4 is 40.5 Å². The van der Waals surface area contributed by atoms with Gasteiger partial charge in [0.15, 0.2) is 11.3 Å². The minimum atomic E-state index is -0.599. The molecule has 3 heterocycles. The SMILES string of the molecule is CCSC1=NN2C(=c3ccccc3=NC2/C=C/c2ccc([N+](=O)[O-])o2)C(=O)N1. The lowest BCUT2D eigenvalue weighted by molar-refractivity contribution is -0.402. The molecule has 0 fully saturated rings. The number of para-hydroxylation sites is 1. The number of carbonyl (C=O) groups excluding carboxylic acids is 1. The van der Waals surface area contributed by atoms with Crippen LogP contribution in [-0.2, 0) is 4.79 Å². The maximum absolute atomic E-state index is 12.7. The molecule has 1 N–H and O–H groups in total. The summed E-state index contributed by atoms with van der Waals surface area (Å²) in [5, 5.41) is 21.5. The van der Waals surface area contributed by atoms with E-state index in [1.807, 2.05) is 31.2 Å². The van der Waals surface area contributed by atoms with Crippen LogP contribution in [0.2, 0.25) is 0 Å². The first-order chi connectivity index (χ1) is 13.6. The summed E-state index contributed by atoms with van der Waals surface area (Å²) in [6, 6.07) is 10.1. The summed E-state index contributed by atoms with van der Waals surface area (Å²) in [5.74, 6) is 0.484. The van der Waals surface area contributed by atoms with Gasteiger partial charge in [0.25, 0.3) is 5.91 Å². The Morgan fingerprint density at radius 1 is 1.36 bits per heavy atom. The zero-order chi connectivity index (χ0) is 19.7. The van der Waals surface area contributed by atoms with Gasteiger partial charge >= 0.3 is 5.88 Å². The largest absolute Gasteiger partial charge is 0.433 e. The van der Waals surface area contributed by atoms with Crippen LogP contribution in [0.15, 0.2) is 57.0 Å². The van der Waals surface area contributed by atoms with Crippen LogP contribution < -0.4 is 15.9 Å². The molecule has 1 amide bonds. The summed E-state index contributed by atoms with van der Waals surface area (Å²) in [7, 11) is 0. The molecule has 0 radical (unpaired) electrons. The van der Waals surface area contributed by atoms with Crippen LogP contribution in [0.5, 0.6) is 0 Å². The Bertz CT molecular complexity index is 1140. The van der Waals surface area contributed by atoms with Gasteiger partial charge < -0.3 is 4.42 Å². The molecule has 0 aliphatic carbocycles. The van der Waals surface area contributed by atoms with Crippen LogP contribution in [0.4, 0.5) is 5.88 Å². The number of amidine groups is 1. The summed E-state index contributed by atoms with van der Waals surface area (Å²) >= 11 is 1.42. The molecule has 1 unspecified atom stereocenters. The van der Waals surface area contributed by atoms with Gasteiger partial charge in [0.2, 0.25) is 0 Å². The van der Waals surface area contributed by atoms with E-state index < -0.39 is 11.1 Å². The van der Waals surface area contributed by atoms with E-state index in [-0.39, 0.29) is 11.8 Å². The fourth-order valence-electron chi connectivity index (χ4n) is 2.89. The van der Waals surface area contributed by atoms with E-state index in [0.29, 0.717) is 27.2 Å². The van der Waals surface area contributed by atoms with Crippen LogP contribution in [0, 0.1) is 10.1 Å². The van der Waals surface area contributed by atoms with E-state index in [9.17, 15) is 14.9 Å². The van der Waals surface area contributed by atoms with Crippen LogP contribution >= 0.6 is 11.8 Å². The van der Waals surface area contributed by atoms with Gasteiger partial charge in [0.1, 0.15) is 16.4 Å². The summed E-state index contributed by atoms with van der Waals surface area (Å²) in [4.78, 5) is 27.6. The van der Waals surface area contributed by atoms with Crippen molar-refractivity contribution in [2.75, 3.05) is 5.75 Å². The third-order valence-electron chi connectivity index (χ3n) is 4.05. The molecule has 0 saturated carbocycles. The Labute approximate surface area is 163 Å². The predicted molar refractivity (Wildman–Crippen MR) is 104 cm³/mol. The number of carbonyl (C=O) groups is 1. The van der Waals surface area contributed by atoms with Gasteiger partial charge in [-0.25, -0.2) is 5.01 Å². The smallest absolute Gasteiger partial charge is 0.401 e. The topological polar surface area (TPSA) is 113 Å². The Balaban J connectivity index is 1.77. The number of thioether (sulfide) groups is 1. The molecule has 10 heteroatoms. The average molecular weight is 397 g/mol. The van der Waals surface area contributed by atoms with Crippen molar-refractivity contribution in [2.45, 2.75) is 13.1 Å². The van der Waals surface area contributed by atoms with Gasteiger partial charge in [-0.3, -0.25) is 25.2 Å². The highest BCUT2D eigenvalue weighted by molar-refractivity contribution is 8.13. The van der Waals surface area contributed by atoms with Crippen molar-refractivity contribution in [3.63, 3.8) is 0 Å². The fourth-order valence-corrected chi connectivity index (χ4v) is 3.48. The molecule has 4 rings (SSSR count). The number of rotatable bonds is 4. The fraction of sp³-hybridized carbons (Fsp3) is 0.167. The van der Waals surface area contributed by atoms with Gasteiger partial charge in [-0.05, 0) is 30.0 Å². The van der Waals surface area contributed by atoms with Crippen LogP contribution in [0.25, 0.3) is 11.8 Å². The van der Waals surface area contributed by atoms with Gasteiger partial charge in [-0.1, -0.05) is 36.9 Å².